The van der Waals surface area contributed by atoms with E-state index in [9.17, 15) is 49.5 Å². The van der Waals surface area contributed by atoms with Crippen LogP contribution in [0, 0.1) is 0 Å². The number of phenolic OH excluding ortho intramolecular Hbond substituents is 4. The Kier molecular flexibility index (Phi) is 12.4. The van der Waals surface area contributed by atoms with E-state index >= 15 is 0 Å². The molecule has 2 atom stereocenters. The van der Waals surface area contributed by atoms with E-state index in [0.717, 1.165) is 35.4 Å². The smallest absolute Gasteiger partial charge is 0.338 e. The number of carboxylic acid groups (broad SMARTS) is 1. The first-order valence-electron chi connectivity index (χ1n) is 16.8. The predicted octanol–water partition coefficient (Wildman–Crippen LogP) is 5.06. The number of ketones is 2. The lowest BCUT2D eigenvalue weighted by atomic mass is 9.95. The first-order valence-corrected chi connectivity index (χ1v) is 16.8. The fraction of sp³-hybridized carbons (Fsp3) is 0.146. The molecule has 1 aliphatic rings. The van der Waals surface area contributed by atoms with E-state index in [0.29, 0.717) is 19.4 Å². The van der Waals surface area contributed by atoms with Gasteiger partial charge in [-0.15, -0.1) is 0 Å². The van der Waals surface area contributed by atoms with Gasteiger partial charge in [0, 0.05) is 23.2 Å². The number of carbonyl (C=O) groups is 5. The van der Waals surface area contributed by atoms with Gasteiger partial charge in [-0.25, -0.2) is 9.59 Å². The molecular weight excluding hydrogens is 696 g/mol. The third kappa shape index (κ3) is 9.26. The number of nitrogens with one attached hydrogen (secondary N) is 2. The van der Waals surface area contributed by atoms with E-state index in [1.807, 2.05) is 60.7 Å². The average molecular weight is 733 g/mol. The molecule has 276 valence electrons. The van der Waals surface area contributed by atoms with Gasteiger partial charge in [-0.3, -0.25) is 14.4 Å². The zero-order valence-corrected chi connectivity index (χ0v) is 28.6. The maximum Gasteiger partial charge on any atom is 0.338 e. The van der Waals surface area contributed by atoms with Crippen LogP contribution in [-0.2, 0) is 4.74 Å². The summed E-state index contributed by atoms with van der Waals surface area (Å²) in [6.45, 7) is 0.904. The van der Waals surface area contributed by atoms with E-state index in [1.165, 1.54) is 30.3 Å². The number of rotatable bonds is 9. The topological polar surface area (TPSA) is 220 Å². The third-order valence-corrected chi connectivity index (χ3v) is 8.49. The second kappa shape index (κ2) is 17.5. The minimum atomic E-state index is -1.51. The fourth-order valence-electron chi connectivity index (χ4n) is 5.76. The van der Waals surface area contributed by atoms with Crippen LogP contribution in [0.25, 0.3) is 0 Å². The molecule has 13 heteroatoms. The Labute approximate surface area is 309 Å². The summed E-state index contributed by atoms with van der Waals surface area (Å²) in [7, 11) is 0. The molecule has 1 heterocycles. The molecule has 0 radical (unpaired) electrons. The number of aromatic hydroxyl groups is 4. The monoisotopic (exact) mass is 732 g/mol. The number of phenols is 4. The molecule has 0 aromatic heterocycles. The van der Waals surface area contributed by atoms with Crippen molar-refractivity contribution in [2.75, 3.05) is 13.1 Å². The number of benzene rings is 5. The highest BCUT2D eigenvalue weighted by atomic mass is 16.5. The van der Waals surface area contributed by atoms with Gasteiger partial charge in [0.05, 0.1) is 22.7 Å². The third-order valence-electron chi connectivity index (χ3n) is 8.49. The number of hydrogen-bond acceptors (Lipinski definition) is 11. The van der Waals surface area contributed by atoms with Crippen LogP contribution in [0.1, 0.15) is 75.8 Å². The molecule has 7 N–H and O–H groups in total. The van der Waals surface area contributed by atoms with Crippen LogP contribution >= 0.6 is 0 Å². The summed E-state index contributed by atoms with van der Waals surface area (Å²) in [4.78, 5) is 62.1. The molecule has 5 aromatic rings. The molecule has 0 bridgehead atoms. The SMILES string of the molecule is O=C(N[C@@H]1CNCCC[C@H]1OC(=O)c1cc(O)c(C(=O)c2c(O)cccc2C(=O)O)c(O)c1)c1ccc(O)cc1.O=C(c1ccccc1)c1ccccc1. The Morgan fingerprint density at radius 3 is 1.80 bits per heavy atom. The van der Waals surface area contributed by atoms with Crippen LogP contribution in [0.4, 0.5) is 0 Å². The van der Waals surface area contributed by atoms with Crippen molar-refractivity contribution in [3.8, 4) is 23.0 Å². The molecule has 6 rings (SSSR count). The van der Waals surface area contributed by atoms with E-state index in [-0.39, 0.29) is 29.2 Å². The van der Waals surface area contributed by atoms with Gasteiger partial charge < -0.3 is 40.9 Å². The first kappa shape index (κ1) is 38.2. The zero-order valence-electron chi connectivity index (χ0n) is 28.6. The first-order chi connectivity index (χ1) is 25.9. The van der Waals surface area contributed by atoms with Gasteiger partial charge in [0.15, 0.2) is 5.78 Å². The second-order valence-electron chi connectivity index (χ2n) is 12.2. The lowest BCUT2D eigenvalue weighted by Gasteiger charge is -2.26. The minimum absolute atomic E-state index is 0.00149. The molecule has 54 heavy (non-hydrogen) atoms. The molecule has 1 saturated heterocycles. The molecule has 5 aromatic carbocycles. The van der Waals surface area contributed by atoms with Crippen molar-refractivity contribution in [3.63, 3.8) is 0 Å². The van der Waals surface area contributed by atoms with E-state index in [2.05, 4.69) is 10.6 Å². The van der Waals surface area contributed by atoms with Gasteiger partial charge >= 0.3 is 11.9 Å². The van der Waals surface area contributed by atoms with Crippen molar-refractivity contribution in [2.45, 2.75) is 25.0 Å². The van der Waals surface area contributed by atoms with Gasteiger partial charge in [-0.05, 0) is 67.9 Å². The van der Waals surface area contributed by atoms with Crippen LogP contribution in [0.2, 0.25) is 0 Å². The number of carbonyl (C=O) groups excluding carboxylic acids is 4. The lowest BCUT2D eigenvalue weighted by Crippen LogP contribution is -2.49. The number of hydrogen-bond donors (Lipinski definition) is 7. The Hall–Kier alpha value is -6.99. The van der Waals surface area contributed by atoms with Gasteiger partial charge in [-0.1, -0.05) is 66.7 Å². The fourth-order valence-corrected chi connectivity index (χ4v) is 5.76. The maximum absolute atomic E-state index is 13.0. The van der Waals surface area contributed by atoms with Crippen LogP contribution in [0.5, 0.6) is 23.0 Å². The number of aromatic carboxylic acids is 1. The van der Waals surface area contributed by atoms with Gasteiger partial charge in [0.1, 0.15) is 34.7 Å². The number of esters is 1. The molecule has 0 spiro atoms. The molecule has 1 aliphatic heterocycles. The van der Waals surface area contributed by atoms with Gasteiger partial charge in [-0.2, -0.15) is 0 Å². The highest BCUT2D eigenvalue weighted by Crippen LogP contribution is 2.35. The van der Waals surface area contributed by atoms with Crippen molar-refractivity contribution < 1.29 is 54.2 Å². The highest BCUT2D eigenvalue weighted by Gasteiger charge is 2.31. The summed E-state index contributed by atoms with van der Waals surface area (Å²) in [5.41, 5.74) is -0.444. The summed E-state index contributed by atoms with van der Waals surface area (Å²) >= 11 is 0. The molecule has 1 fully saturated rings. The largest absolute Gasteiger partial charge is 0.508 e. The molecule has 0 unspecified atom stereocenters. The van der Waals surface area contributed by atoms with Gasteiger partial charge in [0.2, 0.25) is 5.78 Å². The highest BCUT2D eigenvalue weighted by molar-refractivity contribution is 6.18. The lowest BCUT2D eigenvalue weighted by molar-refractivity contribution is 0.0191. The maximum atomic E-state index is 13.0. The van der Waals surface area contributed by atoms with Crippen LogP contribution in [0.3, 0.4) is 0 Å². The molecule has 0 aliphatic carbocycles. The van der Waals surface area contributed by atoms with Crippen molar-refractivity contribution in [3.05, 3.63) is 154 Å². The molecular formula is C41H36N2O11. The quantitative estimate of drug-likeness (QED) is 0.0781. The van der Waals surface area contributed by atoms with Gasteiger partial charge in [0.25, 0.3) is 5.91 Å². The van der Waals surface area contributed by atoms with Crippen molar-refractivity contribution in [1.29, 1.82) is 0 Å². The Balaban J connectivity index is 0.000000333. The molecule has 1 amide bonds. The standard InChI is InChI=1S/C28H26N2O10.C13H10O/c31-16-8-6-14(7-9-16)26(36)30-18-13-29-10-2-5-22(18)40-28(39)15-11-20(33)24(21(34)12-15)25(35)23-17(27(37)38)3-1-4-19(23)32;14-13(11-7-3-1-4-8-11)12-9-5-2-6-10-12/h1,3-4,6-9,11-12,18,22,29,31-34H,2,5,10,13H2,(H,30,36)(H,37,38);1-10H/t18-,22-;/m1./s1. The van der Waals surface area contributed by atoms with Crippen LogP contribution in [0.15, 0.2) is 115 Å². The van der Waals surface area contributed by atoms with E-state index in [1.54, 1.807) is 0 Å². The number of ether oxygens (including phenoxy) is 1. The van der Waals surface area contributed by atoms with Crippen molar-refractivity contribution in [1.82, 2.24) is 10.6 Å². The summed E-state index contributed by atoms with van der Waals surface area (Å²) in [6, 6.07) is 28.7. The molecule has 13 nitrogen and oxygen atoms in total. The Morgan fingerprint density at radius 2 is 1.22 bits per heavy atom. The second-order valence-corrected chi connectivity index (χ2v) is 12.2. The van der Waals surface area contributed by atoms with Crippen LogP contribution in [-0.4, -0.2) is 80.2 Å². The van der Waals surface area contributed by atoms with E-state index in [4.69, 9.17) is 4.74 Å². The number of carboxylic acids is 1. The summed E-state index contributed by atoms with van der Waals surface area (Å²) in [5.74, 6) is -6.34. The van der Waals surface area contributed by atoms with E-state index < -0.39 is 69.7 Å². The van der Waals surface area contributed by atoms with Crippen LogP contribution < -0.4 is 10.6 Å². The minimum Gasteiger partial charge on any atom is -0.508 e. The normalized spacial score (nSPS) is 15.0. The zero-order chi connectivity index (χ0) is 38.8. The summed E-state index contributed by atoms with van der Waals surface area (Å²) < 4.78 is 5.63. The Bertz CT molecular complexity index is 2090. The van der Waals surface area contributed by atoms with Crippen molar-refractivity contribution in [2.24, 2.45) is 0 Å². The van der Waals surface area contributed by atoms with Crippen molar-refractivity contribution >= 4 is 29.4 Å². The summed E-state index contributed by atoms with van der Waals surface area (Å²) in [5, 5.41) is 56.0. The number of amides is 1. The Morgan fingerprint density at radius 1 is 0.630 bits per heavy atom. The average Bonchev–Trinajstić information content (AvgIpc) is 3.39. The summed E-state index contributed by atoms with van der Waals surface area (Å²) in [6.07, 6.45) is 0.229. The molecule has 0 saturated carbocycles. The predicted molar refractivity (Wildman–Crippen MR) is 195 cm³/mol.